The second-order valence-corrected chi connectivity index (χ2v) is 5.54. The van der Waals surface area contributed by atoms with Crippen molar-refractivity contribution in [3.05, 3.63) is 46.7 Å². The van der Waals surface area contributed by atoms with Gasteiger partial charge in [0.1, 0.15) is 5.69 Å². The van der Waals surface area contributed by atoms with Crippen molar-refractivity contribution < 1.29 is 4.79 Å². The number of benzene rings is 1. The number of carbonyl (C=O) groups excluding carboxylic acids is 1. The Morgan fingerprint density at radius 2 is 2.15 bits per heavy atom. The SMILES string of the molecule is Cn1cc(Cl)cc1C(=O)N1CCCc2cc(N)ccc21. The molecule has 1 aromatic carbocycles. The van der Waals surface area contributed by atoms with Crippen LogP contribution in [0.2, 0.25) is 5.02 Å². The molecule has 20 heavy (non-hydrogen) atoms. The van der Waals surface area contributed by atoms with Gasteiger partial charge in [-0.1, -0.05) is 11.6 Å². The molecule has 0 spiro atoms. The van der Waals surface area contributed by atoms with Crippen molar-refractivity contribution in [2.75, 3.05) is 17.2 Å². The summed E-state index contributed by atoms with van der Waals surface area (Å²) in [6, 6.07) is 7.41. The minimum absolute atomic E-state index is 0.0230. The second-order valence-electron chi connectivity index (χ2n) is 5.10. The zero-order valence-corrected chi connectivity index (χ0v) is 12.0. The van der Waals surface area contributed by atoms with Crippen LogP contribution in [0, 0.1) is 0 Å². The number of aryl methyl sites for hydroxylation is 2. The zero-order valence-electron chi connectivity index (χ0n) is 11.3. The molecule has 3 rings (SSSR count). The normalized spacial score (nSPS) is 14.2. The number of nitrogen functional groups attached to an aromatic ring is 1. The molecule has 0 bridgehead atoms. The Balaban J connectivity index is 2.00. The molecule has 0 saturated heterocycles. The molecule has 0 unspecified atom stereocenters. The van der Waals surface area contributed by atoms with Crippen LogP contribution in [0.5, 0.6) is 0 Å². The summed E-state index contributed by atoms with van der Waals surface area (Å²) in [5, 5.41) is 0.574. The first-order valence-electron chi connectivity index (χ1n) is 6.58. The van der Waals surface area contributed by atoms with E-state index >= 15 is 0 Å². The summed E-state index contributed by atoms with van der Waals surface area (Å²) in [5.74, 6) is -0.0230. The fourth-order valence-electron chi connectivity index (χ4n) is 2.70. The molecule has 1 aliphatic rings. The lowest BCUT2D eigenvalue weighted by Crippen LogP contribution is -2.36. The van der Waals surface area contributed by atoms with E-state index in [1.807, 2.05) is 30.1 Å². The van der Waals surface area contributed by atoms with Gasteiger partial charge >= 0.3 is 0 Å². The van der Waals surface area contributed by atoms with E-state index < -0.39 is 0 Å². The molecule has 0 aliphatic carbocycles. The number of nitrogens with zero attached hydrogens (tertiary/aromatic N) is 2. The van der Waals surface area contributed by atoms with Crippen molar-refractivity contribution in [2.24, 2.45) is 7.05 Å². The van der Waals surface area contributed by atoms with Gasteiger partial charge in [-0.2, -0.15) is 0 Å². The summed E-state index contributed by atoms with van der Waals surface area (Å²) >= 11 is 5.96. The fraction of sp³-hybridized carbons (Fsp3) is 0.267. The predicted molar refractivity (Wildman–Crippen MR) is 81.3 cm³/mol. The van der Waals surface area contributed by atoms with Crippen LogP contribution < -0.4 is 10.6 Å². The van der Waals surface area contributed by atoms with Gasteiger partial charge in [-0.05, 0) is 42.7 Å². The van der Waals surface area contributed by atoms with Crippen LogP contribution in [0.25, 0.3) is 0 Å². The van der Waals surface area contributed by atoms with Crippen LogP contribution in [0.4, 0.5) is 11.4 Å². The van der Waals surface area contributed by atoms with Crippen molar-refractivity contribution in [2.45, 2.75) is 12.8 Å². The van der Waals surface area contributed by atoms with Gasteiger partial charge in [0.25, 0.3) is 5.91 Å². The first kappa shape index (κ1) is 13.1. The molecule has 1 aliphatic heterocycles. The molecular formula is C15H16ClN3O. The Labute approximate surface area is 122 Å². The Bertz CT molecular complexity index is 678. The smallest absolute Gasteiger partial charge is 0.274 e. The number of hydrogen-bond donors (Lipinski definition) is 1. The largest absolute Gasteiger partial charge is 0.399 e. The van der Waals surface area contributed by atoms with Crippen molar-refractivity contribution in [3.8, 4) is 0 Å². The van der Waals surface area contributed by atoms with Gasteiger partial charge in [-0.3, -0.25) is 4.79 Å². The second kappa shape index (κ2) is 4.87. The number of amides is 1. The highest BCUT2D eigenvalue weighted by molar-refractivity contribution is 6.31. The number of aromatic nitrogens is 1. The Kier molecular flexibility index (Phi) is 3.18. The Morgan fingerprint density at radius 3 is 2.85 bits per heavy atom. The topological polar surface area (TPSA) is 51.3 Å². The molecule has 2 heterocycles. The van der Waals surface area contributed by atoms with Crippen molar-refractivity contribution in [1.82, 2.24) is 4.57 Å². The molecule has 104 valence electrons. The number of anilines is 2. The maximum absolute atomic E-state index is 12.7. The summed E-state index contributed by atoms with van der Waals surface area (Å²) in [7, 11) is 1.83. The molecule has 0 fully saturated rings. The Morgan fingerprint density at radius 1 is 1.35 bits per heavy atom. The average molecular weight is 290 g/mol. The van der Waals surface area contributed by atoms with Gasteiger partial charge in [0.15, 0.2) is 0 Å². The van der Waals surface area contributed by atoms with Crippen LogP contribution in [0.15, 0.2) is 30.5 Å². The molecule has 0 atom stereocenters. The predicted octanol–water partition coefficient (Wildman–Crippen LogP) is 2.85. The maximum Gasteiger partial charge on any atom is 0.274 e. The quantitative estimate of drug-likeness (QED) is 0.821. The summed E-state index contributed by atoms with van der Waals surface area (Å²) < 4.78 is 1.76. The van der Waals surface area contributed by atoms with E-state index in [0.29, 0.717) is 10.7 Å². The summed E-state index contributed by atoms with van der Waals surface area (Å²) in [5.41, 5.74) is 9.23. The molecule has 5 heteroatoms. The van der Waals surface area contributed by atoms with Gasteiger partial charge in [0.2, 0.25) is 0 Å². The first-order chi connectivity index (χ1) is 9.56. The van der Waals surface area contributed by atoms with Gasteiger partial charge in [-0.15, -0.1) is 0 Å². The van der Waals surface area contributed by atoms with Crippen LogP contribution >= 0.6 is 11.6 Å². The number of rotatable bonds is 1. The van der Waals surface area contributed by atoms with E-state index in [-0.39, 0.29) is 5.91 Å². The average Bonchev–Trinajstić information content (AvgIpc) is 2.76. The molecule has 1 aromatic heterocycles. The van der Waals surface area contributed by atoms with Crippen molar-refractivity contribution >= 4 is 28.9 Å². The molecule has 2 aromatic rings. The van der Waals surface area contributed by atoms with E-state index in [1.165, 1.54) is 0 Å². The molecular weight excluding hydrogens is 274 g/mol. The van der Waals surface area contributed by atoms with E-state index in [9.17, 15) is 4.79 Å². The van der Waals surface area contributed by atoms with Gasteiger partial charge in [0.05, 0.1) is 5.02 Å². The van der Waals surface area contributed by atoms with Gasteiger partial charge in [0, 0.05) is 31.2 Å². The van der Waals surface area contributed by atoms with Crippen LogP contribution in [0.3, 0.4) is 0 Å². The highest BCUT2D eigenvalue weighted by atomic mass is 35.5. The van der Waals surface area contributed by atoms with E-state index in [1.54, 1.807) is 16.8 Å². The number of hydrogen-bond acceptors (Lipinski definition) is 2. The summed E-state index contributed by atoms with van der Waals surface area (Å²) in [6.45, 7) is 0.721. The van der Waals surface area contributed by atoms with E-state index in [2.05, 4.69) is 0 Å². The molecule has 1 amide bonds. The lowest BCUT2D eigenvalue weighted by atomic mass is 10.0. The molecule has 0 saturated carbocycles. The summed E-state index contributed by atoms with van der Waals surface area (Å²) in [6.07, 6.45) is 3.64. The number of nitrogens with two attached hydrogens (primary N) is 1. The minimum Gasteiger partial charge on any atom is -0.399 e. The van der Waals surface area contributed by atoms with Crippen molar-refractivity contribution in [3.63, 3.8) is 0 Å². The molecule has 0 radical (unpaired) electrons. The first-order valence-corrected chi connectivity index (χ1v) is 6.96. The Hall–Kier alpha value is -1.94. The van der Waals surface area contributed by atoms with Crippen molar-refractivity contribution in [1.29, 1.82) is 0 Å². The summed E-state index contributed by atoms with van der Waals surface area (Å²) in [4.78, 5) is 14.5. The third-order valence-electron chi connectivity index (χ3n) is 3.66. The fourth-order valence-corrected chi connectivity index (χ4v) is 2.95. The van der Waals surface area contributed by atoms with E-state index in [4.69, 9.17) is 17.3 Å². The number of halogens is 1. The van der Waals surface area contributed by atoms with Crippen LogP contribution in [-0.2, 0) is 13.5 Å². The van der Waals surface area contributed by atoms with E-state index in [0.717, 1.165) is 36.3 Å². The lowest BCUT2D eigenvalue weighted by molar-refractivity contribution is 0.0977. The minimum atomic E-state index is -0.0230. The monoisotopic (exact) mass is 289 g/mol. The third-order valence-corrected chi connectivity index (χ3v) is 3.86. The molecule has 4 nitrogen and oxygen atoms in total. The number of carbonyl (C=O) groups is 1. The van der Waals surface area contributed by atoms with Crippen LogP contribution in [-0.4, -0.2) is 17.0 Å². The maximum atomic E-state index is 12.7. The van der Waals surface area contributed by atoms with Gasteiger partial charge < -0.3 is 15.2 Å². The highest BCUT2D eigenvalue weighted by Crippen LogP contribution is 2.30. The third kappa shape index (κ3) is 2.16. The highest BCUT2D eigenvalue weighted by Gasteiger charge is 2.25. The van der Waals surface area contributed by atoms with Crippen LogP contribution in [0.1, 0.15) is 22.5 Å². The zero-order chi connectivity index (χ0) is 14.3. The number of fused-ring (bicyclic) bond motifs is 1. The lowest BCUT2D eigenvalue weighted by Gasteiger charge is -2.29. The van der Waals surface area contributed by atoms with Gasteiger partial charge in [-0.25, -0.2) is 0 Å². The standard InChI is InChI=1S/C15H16ClN3O/c1-18-9-11(16)8-14(18)15(20)19-6-2-3-10-7-12(17)4-5-13(10)19/h4-5,7-9H,2-3,6,17H2,1H3. The molecule has 2 N–H and O–H groups in total.